The van der Waals surface area contributed by atoms with Crippen molar-refractivity contribution in [3.8, 4) is 5.75 Å². The Morgan fingerprint density at radius 1 is 1.15 bits per heavy atom. The molecule has 0 radical (unpaired) electrons. The number of hydrazine groups is 1. The lowest BCUT2D eigenvalue weighted by Crippen LogP contribution is -2.43. The third-order valence-corrected chi connectivity index (χ3v) is 3.00. The highest BCUT2D eigenvalue weighted by molar-refractivity contribution is 9.10. The van der Waals surface area contributed by atoms with E-state index in [0.717, 1.165) is 10.9 Å². The summed E-state index contributed by atoms with van der Waals surface area (Å²) in [5.74, 6) is 0.452. The molecule has 5 nitrogen and oxygen atoms in total. The molecule has 0 heterocycles. The number of benzene rings is 1. The van der Waals surface area contributed by atoms with Gasteiger partial charge in [-0.2, -0.15) is 0 Å². The molecule has 0 saturated heterocycles. The first kappa shape index (κ1) is 16.5. The van der Waals surface area contributed by atoms with Gasteiger partial charge >= 0.3 is 0 Å². The first-order chi connectivity index (χ1) is 9.47. The van der Waals surface area contributed by atoms with Crippen LogP contribution in [0.25, 0.3) is 0 Å². The number of hydrogen-bond acceptors (Lipinski definition) is 3. The molecule has 0 unspecified atom stereocenters. The van der Waals surface area contributed by atoms with Gasteiger partial charge in [-0.3, -0.25) is 20.4 Å². The van der Waals surface area contributed by atoms with Crippen LogP contribution in [0.2, 0.25) is 0 Å². The topological polar surface area (TPSA) is 67.4 Å². The minimum Gasteiger partial charge on any atom is -0.484 e. The predicted octanol–water partition coefficient (Wildman–Crippen LogP) is 2.41. The van der Waals surface area contributed by atoms with Gasteiger partial charge < -0.3 is 4.74 Å². The van der Waals surface area contributed by atoms with E-state index in [1.807, 2.05) is 26.0 Å². The molecule has 1 aromatic carbocycles. The standard InChI is InChI=1S/C14H19BrN2O3/c1-10(2)3-8-13(18)16-17-14(19)9-20-12-6-4-11(15)5-7-12/h4-7,10H,3,8-9H2,1-2H3,(H,16,18)(H,17,19). The molecule has 2 N–H and O–H groups in total. The van der Waals surface area contributed by atoms with E-state index in [1.54, 1.807) is 12.1 Å². The maximum absolute atomic E-state index is 11.5. The largest absolute Gasteiger partial charge is 0.484 e. The quantitative estimate of drug-likeness (QED) is 0.780. The van der Waals surface area contributed by atoms with Gasteiger partial charge in [0.05, 0.1) is 0 Å². The number of rotatable bonds is 6. The summed E-state index contributed by atoms with van der Waals surface area (Å²) >= 11 is 3.31. The Hall–Kier alpha value is -1.56. The average molecular weight is 343 g/mol. The molecule has 110 valence electrons. The molecule has 0 spiro atoms. The number of carbonyl (C=O) groups excluding carboxylic acids is 2. The van der Waals surface area contributed by atoms with Crippen molar-refractivity contribution >= 4 is 27.7 Å². The zero-order chi connectivity index (χ0) is 15.0. The van der Waals surface area contributed by atoms with Gasteiger partial charge in [-0.15, -0.1) is 0 Å². The van der Waals surface area contributed by atoms with Crippen molar-refractivity contribution in [1.29, 1.82) is 0 Å². The van der Waals surface area contributed by atoms with Crippen LogP contribution >= 0.6 is 15.9 Å². The molecule has 0 atom stereocenters. The maximum atomic E-state index is 11.5. The van der Waals surface area contributed by atoms with E-state index in [4.69, 9.17) is 4.74 Å². The number of ether oxygens (including phenoxy) is 1. The summed E-state index contributed by atoms with van der Waals surface area (Å²) in [6.45, 7) is 3.93. The Bertz CT molecular complexity index is 446. The average Bonchev–Trinajstić information content (AvgIpc) is 2.42. The number of carbonyl (C=O) groups is 2. The highest BCUT2D eigenvalue weighted by atomic mass is 79.9. The predicted molar refractivity (Wildman–Crippen MR) is 80.0 cm³/mol. The van der Waals surface area contributed by atoms with E-state index in [9.17, 15) is 9.59 Å². The second-order valence-electron chi connectivity index (χ2n) is 4.77. The van der Waals surface area contributed by atoms with Gasteiger partial charge in [0.15, 0.2) is 6.61 Å². The van der Waals surface area contributed by atoms with Crippen LogP contribution in [0, 0.1) is 5.92 Å². The number of hydrogen-bond donors (Lipinski definition) is 2. The van der Waals surface area contributed by atoms with Crippen molar-refractivity contribution < 1.29 is 14.3 Å². The molecular weight excluding hydrogens is 324 g/mol. The minimum atomic E-state index is -0.397. The Labute approximate surface area is 127 Å². The Morgan fingerprint density at radius 2 is 1.75 bits per heavy atom. The lowest BCUT2D eigenvalue weighted by Gasteiger charge is -2.09. The normalized spacial score (nSPS) is 10.2. The van der Waals surface area contributed by atoms with E-state index < -0.39 is 5.91 Å². The summed E-state index contributed by atoms with van der Waals surface area (Å²) in [6, 6.07) is 7.14. The Kier molecular flexibility index (Phi) is 7.08. The second-order valence-corrected chi connectivity index (χ2v) is 5.69. The van der Waals surface area contributed by atoms with Crippen molar-refractivity contribution in [2.24, 2.45) is 5.92 Å². The Morgan fingerprint density at radius 3 is 2.35 bits per heavy atom. The molecule has 1 aromatic rings. The smallest absolute Gasteiger partial charge is 0.276 e. The first-order valence-electron chi connectivity index (χ1n) is 6.43. The highest BCUT2D eigenvalue weighted by Gasteiger charge is 2.06. The molecular formula is C14H19BrN2O3. The van der Waals surface area contributed by atoms with Gasteiger partial charge in [-0.05, 0) is 36.6 Å². The molecule has 0 aromatic heterocycles. The molecule has 20 heavy (non-hydrogen) atoms. The lowest BCUT2D eigenvalue weighted by molar-refractivity contribution is -0.130. The number of nitrogens with one attached hydrogen (secondary N) is 2. The van der Waals surface area contributed by atoms with Crippen LogP contribution in [-0.4, -0.2) is 18.4 Å². The van der Waals surface area contributed by atoms with E-state index in [0.29, 0.717) is 18.1 Å². The lowest BCUT2D eigenvalue weighted by atomic mass is 10.1. The van der Waals surface area contributed by atoms with Crippen molar-refractivity contribution in [1.82, 2.24) is 10.9 Å². The summed E-state index contributed by atoms with van der Waals surface area (Å²) < 4.78 is 6.21. The van der Waals surface area contributed by atoms with E-state index in [2.05, 4.69) is 26.8 Å². The molecule has 0 aliphatic rings. The van der Waals surface area contributed by atoms with Gasteiger partial charge in [0.25, 0.3) is 5.91 Å². The fraction of sp³-hybridized carbons (Fsp3) is 0.429. The van der Waals surface area contributed by atoms with E-state index in [-0.39, 0.29) is 12.5 Å². The maximum Gasteiger partial charge on any atom is 0.276 e. The van der Waals surface area contributed by atoms with E-state index in [1.165, 1.54) is 0 Å². The van der Waals surface area contributed by atoms with Gasteiger partial charge in [0.1, 0.15) is 5.75 Å². The Balaban J connectivity index is 2.20. The van der Waals surface area contributed by atoms with Crippen LogP contribution in [0.3, 0.4) is 0 Å². The van der Waals surface area contributed by atoms with Gasteiger partial charge in [-0.1, -0.05) is 29.8 Å². The molecule has 0 aliphatic carbocycles. The summed E-state index contributed by atoms with van der Waals surface area (Å²) in [5.41, 5.74) is 4.67. The van der Waals surface area contributed by atoms with Crippen LogP contribution in [0.15, 0.2) is 28.7 Å². The zero-order valence-corrected chi connectivity index (χ0v) is 13.2. The van der Waals surface area contributed by atoms with Crippen molar-refractivity contribution in [2.45, 2.75) is 26.7 Å². The van der Waals surface area contributed by atoms with Crippen molar-refractivity contribution in [3.05, 3.63) is 28.7 Å². The third-order valence-electron chi connectivity index (χ3n) is 2.47. The third kappa shape index (κ3) is 7.13. The number of halogens is 1. The zero-order valence-electron chi connectivity index (χ0n) is 11.6. The SMILES string of the molecule is CC(C)CCC(=O)NNC(=O)COc1ccc(Br)cc1. The van der Waals surface area contributed by atoms with Crippen molar-refractivity contribution in [3.63, 3.8) is 0 Å². The fourth-order valence-electron chi connectivity index (χ4n) is 1.34. The highest BCUT2D eigenvalue weighted by Crippen LogP contribution is 2.15. The first-order valence-corrected chi connectivity index (χ1v) is 7.22. The van der Waals surface area contributed by atoms with Crippen LogP contribution in [-0.2, 0) is 9.59 Å². The molecule has 1 rings (SSSR count). The number of amides is 2. The second kappa shape index (κ2) is 8.58. The van der Waals surface area contributed by atoms with Crippen LogP contribution < -0.4 is 15.6 Å². The summed E-state index contributed by atoms with van der Waals surface area (Å²) in [7, 11) is 0. The molecule has 0 aliphatic heterocycles. The van der Waals surface area contributed by atoms with Crippen LogP contribution in [0.1, 0.15) is 26.7 Å². The summed E-state index contributed by atoms with van der Waals surface area (Å²) in [4.78, 5) is 22.9. The van der Waals surface area contributed by atoms with Gasteiger partial charge in [0, 0.05) is 10.9 Å². The van der Waals surface area contributed by atoms with Crippen LogP contribution in [0.5, 0.6) is 5.75 Å². The van der Waals surface area contributed by atoms with E-state index >= 15 is 0 Å². The molecule has 2 amide bonds. The van der Waals surface area contributed by atoms with Gasteiger partial charge in [0.2, 0.25) is 5.91 Å². The van der Waals surface area contributed by atoms with Crippen LogP contribution in [0.4, 0.5) is 0 Å². The summed E-state index contributed by atoms with van der Waals surface area (Å²) in [6.07, 6.45) is 1.18. The fourth-order valence-corrected chi connectivity index (χ4v) is 1.60. The molecule has 6 heteroatoms. The monoisotopic (exact) mass is 342 g/mol. The molecule has 0 saturated carbocycles. The van der Waals surface area contributed by atoms with Crippen molar-refractivity contribution in [2.75, 3.05) is 6.61 Å². The van der Waals surface area contributed by atoms with Gasteiger partial charge in [-0.25, -0.2) is 0 Å². The minimum absolute atomic E-state index is 0.147. The molecule has 0 fully saturated rings. The summed E-state index contributed by atoms with van der Waals surface area (Å²) in [5, 5.41) is 0. The molecule has 0 bridgehead atoms.